The molecule has 0 bridgehead atoms. The molecule has 2 heterocycles. The Kier molecular flexibility index (Phi) is 6.66. The molecule has 9 heteroatoms. The van der Waals surface area contributed by atoms with Crippen LogP contribution >= 0.6 is 0 Å². The van der Waals surface area contributed by atoms with Crippen molar-refractivity contribution < 1.29 is 27.4 Å². The Morgan fingerprint density at radius 2 is 1.57 bits per heavy atom. The van der Waals surface area contributed by atoms with E-state index in [-0.39, 0.29) is 34.6 Å². The second-order valence-corrected chi connectivity index (χ2v) is 9.10. The Hall–Kier alpha value is -3.82. The first-order chi connectivity index (χ1) is 17.7. The summed E-state index contributed by atoms with van der Waals surface area (Å²) in [6, 6.07) is 18.4. The van der Waals surface area contributed by atoms with Crippen LogP contribution in [0.15, 0.2) is 75.9 Å². The van der Waals surface area contributed by atoms with Gasteiger partial charge in [0.2, 0.25) is 11.2 Å². The summed E-state index contributed by atoms with van der Waals surface area (Å²) in [7, 11) is 1.98. The summed E-state index contributed by atoms with van der Waals surface area (Å²) in [6.45, 7) is 3.05. The Labute approximate surface area is 211 Å². The number of alkyl halides is 3. The van der Waals surface area contributed by atoms with Crippen molar-refractivity contribution >= 4 is 11.0 Å². The second kappa shape index (κ2) is 9.91. The van der Waals surface area contributed by atoms with Gasteiger partial charge in [0.25, 0.3) is 5.76 Å². The standard InChI is InChI=1S/C28H25F3N2O4/c1-32-13-15-33(16-14-32)17-22-23(34)12-11-21-24(35)26(27(28(29,30)31)37-25(21)22)36-20-9-7-19(8-10-20)18-5-3-2-4-6-18/h2-12,34H,13-17H2,1H3. The Morgan fingerprint density at radius 3 is 2.22 bits per heavy atom. The molecule has 37 heavy (non-hydrogen) atoms. The molecule has 1 N–H and O–H groups in total. The Balaban J connectivity index is 1.55. The van der Waals surface area contributed by atoms with Crippen LogP contribution in [0.2, 0.25) is 0 Å². The number of phenolic OH excluding ortho intramolecular Hbond substituents is 1. The summed E-state index contributed by atoms with van der Waals surface area (Å²) in [6.07, 6.45) is -5.00. The lowest BCUT2D eigenvalue weighted by Crippen LogP contribution is -2.43. The first-order valence-electron chi connectivity index (χ1n) is 11.8. The van der Waals surface area contributed by atoms with Crippen molar-refractivity contribution in [3.8, 4) is 28.4 Å². The van der Waals surface area contributed by atoms with E-state index < -0.39 is 23.1 Å². The van der Waals surface area contributed by atoms with Gasteiger partial charge in [-0.1, -0.05) is 42.5 Å². The van der Waals surface area contributed by atoms with Crippen LogP contribution in [0.25, 0.3) is 22.1 Å². The molecular formula is C28H25F3N2O4. The van der Waals surface area contributed by atoms with E-state index in [1.54, 1.807) is 12.1 Å². The normalized spacial score (nSPS) is 15.2. The zero-order valence-electron chi connectivity index (χ0n) is 20.1. The molecule has 4 aromatic rings. The lowest BCUT2D eigenvalue weighted by molar-refractivity contribution is -0.154. The molecule has 0 amide bonds. The number of phenols is 1. The molecule has 6 nitrogen and oxygen atoms in total. The summed E-state index contributed by atoms with van der Waals surface area (Å²) in [5.41, 5.74) is 0.674. The fraction of sp³-hybridized carbons (Fsp3) is 0.250. The number of benzene rings is 3. The fourth-order valence-corrected chi connectivity index (χ4v) is 4.41. The van der Waals surface area contributed by atoms with E-state index in [0.717, 1.165) is 24.2 Å². The Bertz CT molecular complexity index is 1460. The molecule has 192 valence electrons. The molecule has 0 aliphatic carbocycles. The highest BCUT2D eigenvalue weighted by molar-refractivity contribution is 5.83. The van der Waals surface area contributed by atoms with E-state index >= 15 is 0 Å². The van der Waals surface area contributed by atoms with Gasteiger partial charge in [0, 0.05) is 32.7 Å². The van der Waals surface area contributed by atoms with Crippen LogP contribution in [-0.2, 0) is 12.7 Å². The van der Waals surface area contributed by atoms with Crippen LogP contribution < -0.4 is 10.2 Å². The van der Waals surface area contributed by atoms with Gasteiger partial charge >= 0.3 is 6.18 Å². The van der Waals surface area contributed by atoms with E-state index in [1.165, 1.54) is 24.3 Å². The van der Waals surface area contributed by atoms with E-state index in [4.69, 9.17) is 9.15 Å². The third-order valence-electron chi connectivity index (χ3n) is 6.51. The number of likely N-dealkylation sites (N-methyl/N-ethyl adjacent to an activating group) is 1. The predicted molar refractivity (Wildman–Crippen MR) is 134 cm³/mol. The maximum Gasteiger partial charge on any atom is 0.453 e. The second-order valence-electron chi connectivity index (χ2n) is 9.10. The average molecular weight is 511 g/mol. The van der Waals surface area contributed by atoms with Gasteiger partial charge in [-0.3, -0.25) is 9.69 Å². The predicted octanol–water partition coefficient (Wildman–Crippen LogP) is 5.72. The van der Waals surface area contributed by atoms with Crippen molar-refractivity contribution in [2.45, 2.75) is 12.7 Å². The zero-order valence-corrected chi connectivity index (χ0v) is 20.1. The summed E-state index contributed by atoms with van der Waals surface area (Å²) in [5, 5.41) is 10.4. The highest BCUT2D eigenvalue weighted by Gasteiger charge is 2.41. The van der Waals surface area contributed by atoms with Gasteiger partial charge in [0.1, 0.15) is 17.1 Å². The average Bonchev–Trinajstić information content (AvgIpc) is 2.88. The van der Waals surface area contributed by atoms with E-state index in [2.05, 4.69) is 4.90 Å². The largest absolute Gasteiger partial charge is 0.507 e. The number of ether oxygens (including phenoxy) is 1. The van der Waals surface area contributed by atoms with Gasteiger partial charge in [0.05, 0.1) is 10.9 Å². The molecule has 0 saturated carbocycles. The molecule has 1 aromatic heterocycles. The first-order valence-corrected chi connectivity index (χ1v) is 11.8. The number of hydrogen-bond acceptors (Lipinski definition) is 6. The van der Waals surface area contributed by atoms with Crippen LogP contribution in [0.3, 0.4) is 0 Å². The number of nitrogens with zero attached hydrogens (tertiary/aromatic N) is 2. The van der Waals surface area contributed by atoms with Crippen LogP contribution in [0.1, 0.15) is 11.3 Å². The molecule has 0 spiro atoms. The molecule has 1 fully saturated rings. The maximum atomic E-state index is 14.1. The minimum absolute atomic E-state index is 0.0632. The van der Waals surface area contributed by atoms with Crippen LogP contribution in [-0.4, -0.2) is 48.1 Å². The molecule has 1 aliphatic heterocycles. The Morgan fingerprint density at radius 1 is 0.919 bits per heavy atom. The van der Waals surface area contributed by atoms with E-state index in [9.17, 15) is 23.1 Å². The molecule has 1 saturated heterocycles. The lowest BCUT2D eigenvalue weighted by atomic mass is 10.1. The first kappa shape index (κ1) is 24.9. The molecule has 5 rings (SSSR count). The van der Waals surface area contributed by atoms with Crippen molar-refractivity contribution in [2.24, 2.45) is 0 Å². The number of aromatic hydroxyl groups is 1. The third-order valence-corrected chi connectivity index (χ3v) is 6.51. The SMILES string of the molecule is CN1CCN(Cc2c(O)ccc3c(=O)c(Oc4ccc(-c5ccccc5)cc4)c(C(F)(F)F)oc23)CC1. The van der Waals surface area contributed by atoms with Gasteiger partial charge in [0.15, 0.2) is 0 Å². The van der Waals surface area contributed by atoms with Crippen LogP contribution in [0, 0.1) is 0 Å². The van der Waals surface area contributed by atoms with Crippen molar-refractivity contribution in [3.05, 3.63) is 88.3 Å². The lowest BCUT2D eigenvalue weighted by Gasteiger charge is -2.32. The summed E-state index contributed by atoms with van der Waals surface area (Å²) in [4.78, 5) is 17.4. The molecule has 0 radical (unpaired) electrons. The maximum absolute atomic E-state index is 14.1. The molecule has 0 atom stereocenters. The molecule has 1 aliphatic rings. The smallest absolute Gasteiger partial charge is 0.453 e. The van der Waals surface area contributed by atoms with E-state index in [0.29, 0.717) is 13.1 Å². The van der Waals surface area contributed by atoms with E-state index in [1.807, 2.05) is 42.3 Å². The van der Waals surface area contributed by atoms with Crippen molar-refractivity contribution in [1.82, 2.24) is 9.80 Å². The van der Waals surface area contributed by atoms with Crippen LogP contribution in [0.5, 0.6) is 17.2 Å². The minimum Gasteiger partial charge on any atom is -0.507 e. The summed E-state index contributed by atoms with van der Waals surface area (Å²) in [5.74, 6) is -2.65. The number of fused-ring (bicyclic) bond motifs is 1. The molecule has 0 unspecified atom stereocenters. The number of rotatable bonds is 5. The number of halogens is 3. The van der Waals surface area contributed by atoms with Gasteiger partial charge < -0.3 is 19.2 Å². The fourth-order valence-electron chi connectivity index (χ4n) is 4.41. The molecule has 3 aromatic carbocycles. The van der Waals surface area contributed by atoms with Gasteiger partial charge in [-0.15, -0.1) is 0 Å². The zero-order chi connectivity index (χ0) is 26.2. The topological polar surface area (TPSA) is 66.2 Å². The van der Waals surface area contributed by atoms with Crippen molar-refractivity contribution in [2.75, 3.05) is 33.2 Å². The minimum atomic E-state index is -5.00. The van der Waals surface area contributed by atoms with Gasteiger partial charge in [-0.25, -0.2) is 0 Å². The summed E-state index contributed by atoms with van der Waals surface area (Å²) >= 11 is 0. The number of hydrogen-bond donors (Lipinski definition) is 1. The van der Waals surface area contributed by atoms with Gasteiger partial charge in [-0.05, 0) is 42.4 Å². The third kappa shape index (κ3) is 5.19. The van der Waals surface area contributed by atoms with Gasteiger partial charge in [-0.2, -0.15) is 13.2 Å². The summed E-state index contributed by atoms with van der Waals surface area (Å²) < 4.78 is 53.1. The number of piperazine rings is 1. The van der Waals surface area contributed by atoms with Crippen molar-refractivity contribution in [1.29, 1.82) is 0 Å². The molecular weight excluding hydrogens is 485 g/mol. The van der Waals surface area contributed by atoms with Crippen molar-refractivity contribution in [3.63, 3.8) is 0 Å². The highest BCUT2D eigenvalue weighted by Crippen LogP contribution is 2.40. The van der Waals surface area contributed by atoms with Crippen LogP contribution in [0.4, 0.5) is 13.2 Å². The highest BCUT2D eigenvalue weighted by atomic mass is 19.4. The monoisotopic (exact) mass is 510 g/mol. The quantitative estimate of drug-likeness (QED) is 0.370.